The fraction of sp³-hybridized carbons (Fsp3) is 0.111. The van der Waals surface area contributed by atoms with Crippen molar-refractivity contribution in [2.24, 2.45) is 0 Å². The maximum absolute atomic E-state index is 13.4. The van der Waals surface area contributed by atoms with Gasteiger partial charge in [0.1, 0.15) is 9.88 Å². The van der Waals surface area contributed by atoms with Crippen LogP contribution in [0.1, 0.15) is 20.9 Å². The van der Waals surface area contributed by atoms with E-state index in [2.05, 4.69) is 26.2 Å². The number of rotatable bonds is 3. The highest BCUT2D eigenvalue weighted by Gasteiger charge is 2.39. The number of hydrogen-bond donors (Lipinski definition) is 1. The zero-order chi connectivity index (χ0) is 18.9. The number of aromatic nitrogens is 1. The van der Waals surface area contributed by atoms with Crippen molar-refractivity contribution in [1.82, 2.24) is 4.98 Å². The molecule has 0 atom stereocenters. The molecule has 134 valence electrons. The number of aryl methyl sites for hydroxylation is 1. The smallest absolute Gasteiger partial charge is 0.321 e. The molecule has 0 aliphatic rings. The highest BCUT2D eigenvalue weighted by Crippen LogP contribution is 2.38. The Morgan fingerprint density at radius 3 is 2.46 bits per heavy atom. The molecule has 1 N–H and O–H groups in total. The predicted octanol–water partition coefficient (Wildman–Crippen LogP) is 6.15. The van der Waals surface area contributed by atoms with Crippen LogP contribution in [0.5, 0.6) is 0 Å². The minimum Gasteiger partial charge on any atom is -0.321 e. The molecule has 0 bridgehead atoms. The molecule has 3 nitrogen and oxygen atoms in total. The Bertz CT molecular complexity index is 955. The summed E-state index contributed by atoms with van der Waals surface area (Å²) in [5.74, 6) is -0.831. The van der Waals surface area contributed by atoms with Crippen molar-refractivity contribution in [3.05, 3.63) is 69.1 Å². The number of benzene rings is 2. The number of amides is 1. The van der Waals surface area contributed by atoms with Crippen LogP contribution in [-0.2, 0) is 6.18 Å². The number of thiazole rings is 1. The molecule has 1 heterocycles. The summed E-state index contributed by atoms with van der Waals surface area (Å²) in [7, 11) is 0. The van der Waals surface area contributed by atoms with E-state index in [0.29, 0.717) is 11.3 Å². The molecule has 1 aromatic heterocycles. The van der Waals surface area contributed by atoms with Crippen LogP contribution < -0.4 is 5.32 Å². The molecule has 0 saturated heterocycles. The molecule has 0 saturated carbocycles. The van der Waals surface area contributed by atoms with Gasteiger partial charge in [-0.1, -0.05) is 46.3 Å². The second-order valence-corrected chi connectivity index (χ2v) is 7.39. The van der Waals surface area contributed by atoms with Gasteiger partial charge in [-0.2, -0.15) is 13.2 Å². The molecule has 3 rings (SSSR count). The molecule has 0 unspecified atom stereocenters. The van der Waals surface area contributed by atoms with Crippen LogP contribution in [0.2, 0.25) is 0 Å². The van der Waals surface area contributed by atoms with E-state index >= 15 is 0 Å². The first-order chi connectivity index (χ1) is 12.3. The lowest BCUT2D eigenvalue weighted by atomic mass is 10.2. The van der Waals surface area contributed by atoms with Gasteiger partial charge in [-0.3, -0.25) is 4.79 Å². The summed E-state index contributed by atoms with van der Waals surface area (Å²) in [6, 6.07) is 13.6. The first-order valence-corrected chi connectivity index (χ1v) is 9.07. The highest BCUT2D eigenvalue weighted by atomic mass is 79.9. The number of nitrogens with one attached hydrogen (secondary N) is 1. The quantitative estimate of drug-likeness (QED) is 0.530. The summed E-state index contributed by atoms with van der Waals surface area (Å²) < 4.78 is 40.9. The molecule has 1 amide bonds. The minimum atomic E-state index is -4.72. The molecule has 2 aromatic carbocycles. The predicted molar refractivity (Wildman–Crippen MR) is 99.4 cm³/mol. The first-order valence-electron chi connectivity index (χ1n) is 7.46. The van der Waals surface area contributed by atoms with E-state index in [-0.39, 0.29) is 5.01 Å². The van der Waals surface area contributed by atoms with E-state index in [4.69, 9.17) is 0 Å². The lowest BCUT2D eigenvalue weighted by Crippen LogP contribution is -2.17. The summed E-state index contributed by atoms with van der Waals surface area (Å²) in [5.41, 5.74) is 0.533. The Morgan fingerprint density at radius 1 is 1.15 bits per heavy atom. The highest BCUT2D eigenvalue weighted by molar-refractivity contribution is 9.10. The van der Waals surface area contributed by atoms with Gasteiger partial charge in [-0.25, -0.2) is 4.98 Å². The number of alkyl halides is 3. The Hall–Kier alpha value is -2.19. The van der Waals surface area contributed by atoms with Crippen molar-refractivity contribution >= 4 is 38.9 Å². The summed E-state index contributed by atoms with van der Waals surface area (Å²) >= 11 is 4.03. The third-order valence-corrected chi connectivity index (χ3v) is 5.16. The molecular formula is C18H12BrF3N2OS. The molecule has 3 aromatic rings. The van der Waals surface area contributed by atoms with Gasteiger partial charge in [-0.05, 0) is 30.7 Å². The van der Waals surface area contributed by atoms with Crippen LogP contribution in [0.25, 0.3) is 10.6 Å². The number of carbonyl (C=O) groups is 1. The van der Waals surface area contributed by atoms with E-state index in [0.717, 1.165) is 21.4 Å². The molecular weight excluding hydrogens is 429 g/mol. The molecule has 26 heavy (non-hydrogen) atoms. The molecule has 0 spiro atoms. The third kappa shape index (κ3) is 3.96. The largest absolute Gasteiger partial charge is 0.435 e. The zero-order valence-electron chi connectivity index (χ0n) is 13.4. The lowest BCUT2D eigenvalue weighted by molar-refractivity contribution is -0.140. The molecule has 8 heteroatoms. The Labute approximate surface area is 160 Å². The van der Waals surface area contributed by atoms with E-state index in [1.807, 2.05) is 0 Å². The van der Waals surface area contributed by atoms with Crippen LogP contribution >= 0.6 is 27.3 Å². The van der Waals surface area contributed by atoms with Crippen LogP contribution in [-0.4, -0.2) is 10.9 Å². The molecule has 0 fully saturated rings. The average Bonchev–Trinajstić information content (AvgIpc) is 3.04. The first kappa shape index (κ1) is 18.6. The molecule has 0 radical (unpaired) electrons. The van der Waals surface area contributed by atoms with Crippen LogP contribution in [0.3, 0.4) is 0 Å². The SMILES string of the molecule is Cc1cc(Br)ccc1NC(=O)c1sc(-c2ccccc2)nc1C(F)(F)F. The van der Waals surface area contributed by atoms with E-state index in [1.54, 1.807) is 55.5 Å². The Morgan fingerprint density at radius 2 is 1.85 bits per heavy atom. The topological polar surface area (TPSA) is 42.0 Å². The van der Waals surface area contributed by atoms with E-state index < -0.39 is 22.7 Å². The van der Waals surface area contributed by atoms with Gasteiger partial charge in [0.05, 0.1) is 0 Å². The van der Waals surface area contributed by atoms with Crippen molar-refractivity contribution < 1.29 is 18.0 Å². The Balaban J connectivity index is 2.00. The lowest BCUT2D eigenvalue weighted by Gasteiger charge is -2.09. The fourth-order valence-corrected chi connectivity index (χ4v) is 3.78. The summed E-state index contributed by atoms with van der Waals surface area (Å²) in [6.07, 6.45) is -4.72. The van der Waals surface area contributed by atoms with Crippen molar-refractivity contribution in [3.8, 4) is 10.6 Å². The minimum absolute atomic E-state index is 0.149. The van der Waals surface area contributed by atoms with E-state index in [9.17, 15) is 18.0 Å². The van der Waals surface area contributed by atoms with Crippen molar-refractivity contribution in [1.29, 1.82) is 0 Å². The summed E-state index contributed by atoms with van der Waals surface area (Å²) in [4.78, 5) is 15.7. The van der Waals surface area contributed by atoms with E-state index in [1.165, 1.54) is 0 Å². The Kier molecular flexibility index (Phi) is 5.15. The monoisotopic (exact) mass is 440 g/mol. The van der Waals surface area contributed by atoms with Gasteiger partial charge in [0.2, 0.25) is 0 Å². The summed E-state index contributed by atoms with van der Waals surface area (Å²) in [6.45, 7) is 1.76. The normalized spacial score (nSPS) is 11.4. The standard InChI is InChI=1S/C18H12BrF3N2OS/c1-10-9-12(19)7-8-13(10)23-16(25)14-15(18(20,21)22)24-17(26-14)11-5-3-2-4-6-11/h2-9H,1H3,(H,23,25). The number of halogens is 4. The number of carbonyl (C=O) groups excluding carboxylic acids is 1. The van der Waals surface area contributed by atoms with Crippen LogP contribution in [0.15, 0.2) is 53.0 Å². The molecule has 0 aliphatic carbocycles. The number of anilines is 1. The third-order valence-electron chi connectivity index (χ3n) is 3.56. The summed E-state index contributed by atoms with van der Waals surface area (Å²) in [5, 5.41) is 2.69. The average molecular weight is 441 g/mol. The maximum Gasteiger partial charge on any atom is 0.435 e. The number of hydrogen-bond acceptors (Lipinski definition) is 3. The van der Waals surface area contributed by atoms with Crippen LogP contribution in [0.4, 0.5) is 18.9 Å². The van der Waals surface area contributed by atoms with Crippen molar-refractivity contribution in [3.63, 3.8) is 0 Å². The van der Waals surface area contributed by atoms with Crippen LogP contribution in [0, 0.1) is 6.92 Å². The van der Waals surface area contributed by atoms with Gasteiger partial charge in [0, 0.05) is 15.7 Å². The maximum atomic E-state index is 13.4. The van der Waals surface area contributed by atoms with Crippen molar-refractivity contribution in [2.75, 3.05) is 5.32 Å². The number of nitrogens with zero attached hydrogens (tertiary/aromatic N) is 1. The zero-order valence-corrected chi connectivity index (χ0v) is 15.8. The van der Waals surface area contributed by atoms with Gasteiger partial charge in [0.25, 0.3) is 5.91 Å². The van der Waals surface area contributed by atoms with Gasteiger partial charge < -0.3 is 5.32 Å². The van der Waals surface area contributed by atoms with Gasteiger partial charge >= 0.3 is 6.18 Å². The van der Waals surface area contributed by atoms with Gasteiger partial charge in [0.15, 0.2) is 5.69 Å². The van der Waals surface area contributed by atoms with Gasteiger partial charge in [-0.15, -0.1) is 11.3 Å². The second kappa shape index (κ2) is 7.20. The van der Waals surface area contributed by atoms with Crippen molar-refractivity contribution in [2.45, 2.75) is 13.1 Å². The molecule has 0 aliphatic heterocycles. The fourth-order valence-electron chi connectivity index (χ4n) is 2.32. The second-order valence-electron chi connectivity index (χ2n) is 5.47.